The molecule has 0 bridgehead atoms. The summed E-state index contributed by atoms with van der Waals surface area (Å²) in [6.07, 6.45) is 0.653. The smallest absolute Gasteiger partial charge is 0.387 e. The monoisotopic (exact) mass is 244 g/mol. The normalized spacial score (nSPS) is 10.1. The van der Waals surface area contributed by atoms with Crippen LogP contribution in [0.1, 0.15) is 27.6 Å². The number of halogens is 2. The molecule has 0 aliphatic heterocycles. The molecular formula is C11H10F2O4. The van der Waals surface area contributed by atoms with Crippen LogP contribution in [0.15, 0.2) is 12.1 Å². The summed E-state index contributed by atoms with van der Waals surface area (Å²) >= 11 is 0. The van der Waals surface area contributed by atoms with E-state index in [1.54, 1.807) is 6.92 Å². The van der Waals surface area contributed by atoms with Crippen LogP contribution >= 0.6 is 0 Å². The van der Waals surface area contributed by atoms with Crippen molar-refractivity contribution < 1.29 is 27.8 Å². The molecule has 4 nitrogen and oxygen atoms in total. The Morgan fingerprint density at radius 2 is 1.76 bits per heavy atom. The topological polar surface area (TPSA) is 52.6 Å². The van der Waals surface area contributed by atoms with Crippen molar-refractivity contribution in [1.82, 2.24) is 0 Å². The van der Waals surface area contributed by atoms with Gasteiger partial charge in [0.25, 0.3) is 0 Å². The molecule has 0 aliphatic carbocycles. The number of benzene rings is 1. The SMILES string of the molecule is CCOc1cc(C=O)c(OC(F)F)c(C=O)c1. The molecule has 0 aromatic heterocycles. The average Bonchev–Trinajstić information content (AvgIpc) is 2.30. The van der Waals surface area contributed by atoms with E-state index in [1.807, 2.05) is 0 Å². The molecule has 1 aromatic rings. The van der Waals surface area contributed by atoms with Crippen molar-refractivity contribution in [2.45, 2.75) is 13.5 Å². The zero-order chi connectivity index (χ0) is 12.8. The minimum atomic E-state index is -3.11. The molecule has 0 amide bonds. The van der Waals surface area contributed by atoms with E-state index in [1.165, 1.54) is 12.1 Å². The van der Waals surface area contributed by atoms with Crippen LogP contribution in [0, 0.1) is 0 Å². The fraction of sp³-hybridized carbons (Fsp3) is 0.273. The van der Waals surface area contributed by atoms with Gasteiger partial charge in [0.1, 0.15) is 11.5 Å². The van der Waals surface area contributed by atoms with Gasteiger partial charge < -0.3 is 9.47 Å². The molecule has 0 unspecified atom stereocenters. The second-order valence-corrected chi connectivity index (χ2v) is 2.98. The van der Waals surface area contributed by atoms with Crippen molar-refractivity contribution in [3.8, 4) is 11.5 Å². The van der Waals surface area contributed by atoms with Crippen molar-refractivity contribution in [2.75, 3.05) is 6.61 Å². The number of carbonyl (C=O) groups excluding carboxylic acids is 2. The van der Waals surface area contributed by atoms with Crippen molar-refractivity contribution in [2.24, 2.45) is 0 Å². The van der Waals surface area contributed by atoms with Gasteiger partial charge in [-0.2, -0.15) is 8.78 Å². The summed E-state index contributed by atoms with van der Waals surface area (Å²) in [5.41, 5.74) is -0.309. The van der Waals surface area contributed by atoms with Gasteiger partial charge in [0.05, 0.1) is 17.7 Å². The van der Waals surface area contributed by atoms with Crippen LogP contribution in [0.4, 0.5) is 8.78 Å². The highest BCUT2D eigenvalue weighted by atomic mass is 19.3. The Bertz CT molecular complexity index is 389. The molecule has 1 aromatic carbocycles. The highest BCUT2D eigenvalue weighted by Crippen LogP contribution is 2.28. The summed E-state index contributed by atoms with van der Waals surface area (Å²) in [5, 5.41) is 0. The highest BCUT2D eigenvalue weighted by Gasteiger charge is 2.16. The van der Waals surface area contributed by atoms with Gasteiger partial charge in [0.2, 0.25) is 0 Å². The van der Waals surface area contributed by atoms with E-state index in [0.717, 1.165) is 0 Å². The summed E-state index contributed by atoms with van der Waals surface area (Å²) in [6, 6.07) is 2.47. The molecule has 0 atom stereocenters. The van der Waals surface area contributed by atoms with Crippen LogP contribution in [-0.2, 0) is 0 Å². The van der Waals surface area contributed by atoms with Gasteiger partial charge in [-0.1, -0.05) is 0 Å². The predicted molar refractivity (Wildman–Crippen MR) is 55.0 cm³/mol. The van der Waals surface area contributed by atoms with E-state index in [0.29, 0.717) is 19.2 Å². The van der Waals surface area contributed by atoms with E-state index < -0.39 is 12.4 Å². The van der Waals surface area contributed by atoms with Crippen molar-refractivity contribution in [3.05, 3.63) is 23.3 Å². The van der Waals surface area contributed by atoms with E-state index in [4.69, 9.17) is 4.74 Å². The molecule has 0 radical (unpaired) electrons. The molecule has 92 valence electrons. The summed E-state index contributed by atoms with van der Waals surface area (Å²) in [7, 11) is 0. The largest absolute Gasteiger partial charge is 0.494 e. The fourth-order valence-corrected chi connectivity index (χ4v) is 1.30. The summed E-state index contributed by atoms with van der Waals surface area (Å²) in [4.78, 5) is 21.5. The van der Waals surface area contributed by atoms with Gasteiger partial charge >= 0.3 is 6.61 Å². The summed E-state index contributed by atoms with van der Waals surface area (Å²) < 4.78 is 33.5. The summed E-state index contributed by atoms with van der Waals surface area (Å²) in [6.45, 7) is -1.07. The number of alkyl halides is 2. The lowest BCUT2D eigenvalue weighted by Crippen LogP contribution is -2.07. The van der Waals surface area contributed by atoms with Crippen LogP contribution in [-0.4, -0.2) is 25.8 Å². The standard InChI is InChI=1S/C11H10F2O4/c1-2-16-9-3-7(5-14)10(17-11(12)13)8(4-9)6-15/h3-6,11H,2H2,1H3. The van der Waals surface area contributed by atoms with E-state index in [2.05, 4.69) is 4.74 Å². The molecule has 0 N–H and O–H groups in total. The first-order chi connectivity index (χ1) is 8.12. The molecule has 6 heteroatoms. The molecule has 0 spiro atoms. The van der Waals surface area contributed by atoms with E-state index in [-0.39, 0.29) is 16.9 Å². The molecule has 0 aliphatic rings. The number of ether oxygens (including phenoxy) is 2. The van der Waals surface area contributed by atoms with E-state index in [9.17, 15) is 18.4 Å². The minimum Gasteiger partial charge on any atom is -0.494 e. The third kappa shape index (κ3) is 3.24. The van der Waals surface area contributed by atoms with Crippen LogP contribution < -0.4 is 9.47 Å². The zero-order valence-electron chi connectivity index (χ0n) is 8.98. The third-order valence-electron chi connectivity index (χ3n) is 1.89. The van der Waals surface area contributed by atoms with E-state index >= 15 is 0 Å². The molecule has 1 rings (SSSR count). The molecule has 0 heterocycles. The summed E-state index contributed by atoms with van der Waals surface area (Å²) in [5.74, 6) is -0.188. The Kier molecular flexibility index (Phi) is 4.56. The second-order valence-electron chi connectivity index (χ2n) is 2.98. The Balaban J connectivity index is 3.25. The van der Waals surface area contributed by atoms with Crippen LogP contribution in [0.5, 0.6) is 11.5 Å². The van der Waals surface area contributed by atoms with Crippen LogP contribution in [0.2, 0.25) is 0 Å². The second kappa shape index (κ2) is 5.93. The maximum atomic E-state index is 12.1. The number of aldehydes is 2. The van der Waals surface area contributed by atoms with Gasteiger partial charge in [0, 0.05) is 0 Å². The quantitative estimate of drug-likeness (QED) is 0.720. The average molecular weight is 244 g/mol. The Hall–Kier alpha value is -1.98. The molecule has 17 heavy (non-hydrogen) atoms. The predicted octanol–water partition coefficient (Wildman–Crippen LogP) is 2.31. The number of hydrogen-bond donors (Lipinski definition) is 0. The van der Waals surface area contributed by atoms with Gasteiger partial charge in [0.15, 0.2) is 12.6 Å². The number of hydrogen-bond acceptors (Lipinski definition) is 4. The van der Waals surface area contributed by atoms with Gasteiger partial charge in [-0.3, -0.25) is 9.59 Å². The van der Waals surface area contributed by atoms with Crippen molar-refractivity contribution in [1.29, 1.82) is 0 Å². The van der Waals surface area contributed by atoms with Gasteiger partial charge in [-0.15, -0.1) is 0 Å². The Labute approximate surface area is 96.1 Å². The van der Waals surface area contributed by atoms with Crippen molar-refractivity contribution >= 4 is 12.6 Å². The minimum absolute atomic E-state index is 0.154. The number of rotatable bonds is 6. The van der Waals surface area contributed by atoms with Gasteiger partial charge in [-0.25, -0.2) is 0 Å². The Morgan fingerprint density at radius 3 is 2.12 bits per heavy atom. The maximum Gasteiger partial charge on any atom is 0.387 e. The fourth-order valence-electron chi connectivity index (χ4n) is 1.30. The first kappa shape index (κ1) is 13.1. The first-order valence-corrected chi connectivity index (χ1v) is 4.78. The van der Waals surface area contributed by atoms with Crippen LogP contribution in [0.3, 0.4) is 0 Å². The Morgan fingerprint density at radius 1 is 1.24 bits per heavy atom. The highest BCUT2D eigenvalue weighted by molar-refractivity contribution is 5.89. The lowest BCUT2D eigenvalue weighted by Gasteiger charge is -2.11. The van der Waals surface area contributed by atoms with Gasteiger partial charge in [-0.05, 0) is 19.1 Å². The lowest BCUT2D eigenvalue weighted by atomic mass is 10.1. The molecule has 0 fully saturated rings. The number of carbonyl (C=O) groups is 2. The first-order valence-electron chi connectivity index (χ1n) is 4.78. The third-order valence-corrected chi connectivity index (χ3v) is 1.89. The molecule has 0 saturated heterocycles. The molecule has 0 saturated carbocycles. The van der Waals surface area contributed by atoms with Crippen LogP contribution in [0.25, 0.3) is 0 Å². The zero-order valence-corrected chi connectivity index (χ0v) is 8.98. The molecular weight excluding hydrogens is 234 g/mol. The van der Waals surface area contributed by atoms with Crippen molar-refractivity contribution in [3.63, 3.8) is 0 Å². The maximum absolute atomic E-state index is 12.1. The lowest BCUT2D eigenvalue weighted by molar-refractivity contribution is -0.0503.